The van der Waals surface area contributed by atoms with Gasteiger partial charge >= 0.3 is 0 Å². The second kappa shape index (κ2) is 6.38. The van der Waals surface area contributed by atoms with Crippen LogP contribution in [0.15, 0.2) is 18.2 Å². The number of ether oxygens (including phenoxy) is 1. The fourth-order valence-electron chi connectivity index (χ4n) is 1.91. The molecule has 0 aromatic heterocycles. The van der Waals surface area contributed by atoms with Gasteiger partial charge in [-0.05, 0) is 30.0 Å². The summed E-state index contributed by atoms with van der Waals surface area (Å²) in [6.45, 7) is 1.27. The Morgan fingerprint density at radius 2 is 2.35 bits per heavy atom. The minimum Gasteiger partial charge on any atom is -0.377 e. The molecular weight excluding hydrogens is 237 g/mol. The van der Waals surface area contributed by atoms with Crippen molar-refractivity contribution < 1.29 is 9.13 Å². The molecule has 1 aromatic carbocycles. The summed E-state index contributed by atoms with van der Waals surface area (Å²) in [7, 11) is 0. The molecule has 1 saturated heterocycles. The van der Waals surface area contributed by atoms with Gasteiger partial charge in [0.1, 0.15) is 5.82 Å². The monoisotopic (exact) mass is 255 g/mol. The first-order chi connectivity index (χ1) is 8.29. The van der Waals surface area contributed by atoms with Gasteiger partial charge in [0.25, 0.3) is 0 Å². The quantitative estimate of drug-likeness (QED) is 0.878. The van der Waals surface area contributed by atoms with Crippen LogP contribution in [0.3, 0.4) is 0 Å². The molecule has 1 heterocycles. The molecule has 4 heteroatoms. The average molecular weight is 255 g/mol. The molecule has 2 rings (SSSR count). The Hall–Kier alpha value is -0.580. The third-order valence-corrected chi connectivity index (χ3v) is 4.06. The minimum absolute atomic E-state index is 0.146. The van der Waals surface area contributed by atoms with Crippen molar-refractivity contribution >= 4 is 11.8 Å². The van der Waals surface area contributed by atoms with E-state index in [0.717, 1.165) is 36.3 Å². The molecule has 0 radical (unpaired) electrons. The zero-order valence-corrected chi connectivity index (χ0v) is 10.6. The number of hydrogen-bond donors (Lipinski definition) is 1. The molecule has 0 amide bonds. The molecule has 1 aliphatic heterocycles. The molecule has 0 bridgehead atoms. The van der Waals surface area contributed by atoms with Gasteiger partial charge in [-0.3, -0.25) is 0 Å². The van der Waals surface area contributed by atoms with Gasteiger partial charge < -0.3 is 10.5 Å². The molecule has 2 N–H and O–H groups in total. The number of hydrogen-bond acceptors (Lipinski definition) is 3. The molecular formula is C13H18FNOS. The van der Waals surface area contributed by atoms with E-state index in [2.05, 4.69) is 0 Å². The normalized spacial score (nSPS) is 19.8. The van der Waals surface area contributed by atoms with Gasteiger partial charge in [0, 0.05) is 24.7 Å². The van der Waals surface area contributed by atoms with Crippen molar-refractivity contribution in [2.45, 2.75) is 31.2 Å². The van der Waals surface area contributed by atoms with Crippen LogP contribution in [-0.4, -0.2) is 18.5 Å². The summed E-state index contributed by atoms with van der Waals surface area (Å²) in [5.41, 5.74) is 7.06. The van der Waals surface area contributed by atoms with Gasteiger partial charge in [0.05, 0.1) is 6.10 Å². The highest BCUT2D eigenvalue weighted by Crippen LogP contribution is 2.21. The van der Waals surface area contributed by atoms with Gasteiger partial charge in [0.2, 0.25) is 0 Å². The van der Waals surface area contributed by atoms with Crippen molar-refractivity contribution in [3.8, 4) is 0 Å². The van der Waals surface area contributed by atoms with Crippen LogP contribution in [-0.2, 0) is 17.0 Å². The lowest BCUT2D eigenvalue weighted by Crippen LogP contribution is -2.08. The highest BCUT2D eigenvalue weighted by molar-refractivity contribution is 7.98. The summed E-state index contributed by atoms with van der Waals surface area (Å²) < 4.78 is 19.2. The van der Waals surface area contributed by atoms with Crippen molar-refractivity contribution in [3.63, 3.8) is 0 Å². The smallest absolute Gasteiger partial charge is 0.127 e. The van der Waals surface area contributed by atoms with E-state index < -0.39 is 0 Å². The van der Waals surface area contributed by atoms with Gasteiger partial charge in [-0.1, -0.05) is 12.1 Å². The summed E-state index contributed by atoms with van der Waals surface area (Å²) >= 11 is 1.73. The van der Waals surface area contributed by atoms with E-state index in [4.69, 9.17) is 10.5 Å². The maximum atomic E-state index is 13.6. The van der Waals surface area contributed by atoms with Crippen LogP contribution in [0.25, 0.3) is 0 Å². The number of thioether (sulfide) groups is 1. The van der Waals surface area contributed by atoms with Gasteiger partial charge in [-0.15, -0.1) is 0 Å². The molecule has 1 unspecified atom stereocenters. The zero-order chi connectivity index (χ0) is 12.1. The lowest BCUT2D eigenvalue weighted by Gasteiger charge is -2.09. The molecule has 94 valence electrons. The van der Waals surface area contributed by atoms with Crippen molar-refractivity contribution in [2.75, 3.05) is 12.4 Å². The standard InChI is InChI=1S/C13H18FNOS/c14-13-6-10(7-15)3-4-11(13)8-17-9-12-2-1-5-16-12/h3-4,6,12H,1-2,5,7-9,15H2. The fraction of sp³-hybridized carbons (Fsp3) is 0.538. The van der Waals surface area contributed by atoms with Gasteiger partial charge in [0.15, 0.2) is 0 Å². The summed E-state index contributed by atoms with van der Waals surface area (Å²) in [5.74, 6) is 1.52. The van der Waals surface area contributed by atoms with E-state index in [0.29, 0.717) is 18.4 Å². The summed E-state index contributed by atoms with van der Waals surface area (Å²) in [6, 6.07) is 5.26. The van der Waals surface area contributed by atoms with E-state index in [9.17, 15) is 4.39 Å². The first-order valence-corrected chi connectivity index (χ1v) is 7.12. The average Bonchev–Trinajstić information content (AvgIpc) is 2.84. The lowest BCUT2D eigenvalue weighted by atomic mass is 10.1. The van der Waals surface area contributed by atoms with Crippen LogP contribution < -0.4 is 5.73 Å². The van der Waals surface area contributed by atoms with E-state index in [1.54, 1.807) is 11.8 Å². The molecule has 0 spiro atoms. The third kappa shape index (κ3) is 3.69. The first-order valence-electron chi connectivity index (χ1n) is 5.96. The molecule has 1 fully saturated rings. The van der Waals surface area contributed by atoms with Crippen molar-refractivity contribution in [2.24, 2.45) is 5.73 Å². The summed E-state index contributed by atoms with van der Waals surface area (Å²) in [6.07, 6.45) is 2.67. The SMILES string of the molecule is NCc1ccc(CSCC2CCCO2)c(F)c1. The van der Waals surface area contributed by atoms with Gasteiger partial charge in [-0.25, -0.2) is 4.39 Å². The Kier molecular flexibility index (Phi) is 4.83. The summed E-state index contributed by atoms with van der Waals surface area (Å²) in [4.78, 5) is 0. The molecule has 2 nitrogen and oxygen atoms in total. The number of halogens is 1. The Morgan fingerprint density at radius 3 is 3.00 bits per heavy atom. The first kappa shape index (κ1) is 12.9. The minimum atomic E-state index is -0.146. The predicted molar refractivity (Wildman–Crippen MR) is 69.4 cm³/mol. The van der Waals surface area contributed by atoms with Crippen LogP contribution in [0.5, 0.6) is 0 Å². The number of nitrogens with two attached hydrogens (primary N) is 1. The van der Waals surface area contributed by atoms with Crippen LogP contribution in [0.1, 0.15) is 24.0 Å². The predicted octanol–water partition coefficient (Wildman–Crippen LogP) is 2.70. The molecule has 1 aromatic rings. The van der Waals surface area contributed by atoms with Gasteiger partial charge in [-0.2, -0.15) is 11.8 Å². The fourth-order valence-corrected chi connectivity index (χ4v) is 3.01. The van der Waals surface area contributed by atoms with E-state index in [1.165, 1.54) is 6.07 Å². The van der Waals surface area contributed by atoms with E-state index >= 15 is 0 Å². The maximum Gasteiger partial charge on any atom is 0.127 e. The molecule has 0 saturated carbocycles. The Bertz CT molecular complexity index is 366. The highest BCUT2D eigenvalue weighted by Gasteiger charge is 2.15. The lowest BCUT2D eigenvalue weighted by molar-refractivity contribution is 0.129. The third-order valence-electron chi connectivity index (χ3n) is 2.94. The molecule has 1 atom stereocenters. The van der Waals surface area contributed by atoms with Crippen molar-refractivity contribution in [1.29, 1.82) is 0 Å². The van der Waals surface area contributed by atoms with Crippen LogP contribution in [0.2, 0.25) is 0 Å². The van der Waals surface area contributed by atoms with Crippen LogP contribution >= 0.6 is 11.8 Å². The number of benzene rings is 1. The Labute approximate surface area is 106 Å². The molecule has 1 aliphatic rings. The van der Waals surface area contributed by atoms with Crippen LogP contribution in [0, 0.1) is 5.82 Å². The Balaban J connectivity index is 1.81. The molecule has 17 heavy (non-hydrogen) atoms. The summed E-state index contributed by atoms with van der Waals surface area (Å²) in [5, 5.41) is 0. The van der Waals surface area contributed by atoms with Crippen molar-refractivity contribution in [3.05, 3.63) is 35.1 Å². The number of rotatable bonds is 5. The Morgan fingerprint density at radius 1 is 1.47 bits per heavy atom. The second-order valence-electron chi connectivity index (χ2n) is 4.28. The van der Waals surface area contributed by atoms with E-state index in [1.807, 2.05) is 12.1 Å². The highest BCUT2D eigenvalue weighted by atomic mass is 32.2. The van der Waals surface area contributed by atoms with E-state index in [-0.39, 0.29) is 5.82 Å². The topological polar surface area (TPSA) is 35.2 Å². The van der Waals surface area contributed by atoms with Crippen molar-refractivity contribution in [1.82, 2.24) is 0 Å². The zero-order valence-electron chi connectivity index (χ0n) is 9.82. The second-order valence-corrected chi connectivity index (χ2v) is 5.31. The molecule has 0 aliphatic carbocycles. The largest absolute Gasteiger partial charge is 0.377 e. The van der Waals surface area contributed by atoms with Crippen LogP contribution in [0.4, 0.5) is 4.39 Å². The maximum absolute atomic E-state index is 13.6.